The lowest BCUT2D eigenvalue weighted by Gasteiger charge is -2.33. The lowest BCUT2D eigenvalue weighted by molar-refractivity contribution is -0.131. The quantitative estimate of drug-likeness (QED) is 0.827. The zero-order valence-electron chi connectivity index (χ0n) is 14.7. The summed E-state index contributed by atoms with van der Waals surface area (Å²) in [5.41, 5.74) is 2.32. The van der Waals surface area contributed by atoms with E-state index in [1.165, 1.54) is 11.8 Å². The SMILES string of the molecule is Cc1ccccc1CN(C)C(=O)CN1CCCC(NS(C)(=O)=O)C1. The molecule has 0 aliphatic carbocycles. The van der Waals surface area contributed by atoms with E-state index >= 15 is 0 Å². The Morgan fingerprint density at radius 3 is 2.75 bits per heavy atom. The molecule has 1 fully saturated rings. The summed E-state index contributed by atoms with van der Waals surface area (Å²) >= 11 is 0. The van der Waals surface area contributed by atoms with Crippen LogP contribution in [0.2, 0.25) is 0 Å². The van der Waals surface area contributed by atoms with Crippen molar-refractivity contribution in [3.63, 3.8) is 0 Å². The van der Waals surface area contributed by atoms with Gasteiger partial charge in [-0.2, -0.15) is 0 Å². The first-order valence-electron chi connectivity index (χ1n) is 8.23. The van der Waals surface area contributed by atoms with Gasteiger partial charge in [-0.15, -0.1) is 0 Å². The number of carbonyl (C=O) groups excluding carboxylic acids is 1. The molecule has 1 unspecified atom stereocenters. The molecule has 24 heavy (non-hydrogen) atoms. The maximum absolute atomic E-state index is 12.5. The first-order chi connectivity index (χ1) is 11.2. The van der Waals surface area contributed by atoms with Crippen molar-refractivity contribution in [2.24, 2.45) is 0 Å². The Hall–Kier alpha value is -1.44. The van der Waals surface area contributed by atoms with Crippen LogP contribution in [-0.2, 0) is 21.4 Å². The predicted molar refractivity (Wildman–Crippen MR) is 95.1 cm³/mol. The third-order valence-corrected chi connectivity index (χ3v) is 5.10. The van der Waals surface area contributed by atoms with Crippen molar-refractivity contribution in [1.29, 1.82) is 0 Å². The van der Waals surface area contributed by atoms with Crippen molar-refractivity contribution >= 4 is 15.9 Å². The Bertz CT molecular complexity index is 675. The van der Waals surface area contributed by atoms with Crippen LogP contribution in [0.3, 0.4) is 0 Å². The minimum Gasteiger partial charge on any atom is -0.340 e. The predicted octanol–water partition coefficient (Wildman–Crippen LogP) is 0.967. The zero-order valence-corrected chi connectivity index (χ0v) is 15.5. The maximum Gasteiger partial charge on any atom is 0.236 e. The Balaban J connectivity index is 1.88. The molecular formula is C17H27N3O3S. The minimum atomic E-state index is -3.21. The van der Waals surface area contributed by atoms with Crippen LogP contribution in [0.4, 0.5) is 0 Å². The zero-order chi connectivity index (χ0) is 17.7. The third kappa shape index (κ3) is 5.89. The standard InChI is InChI=1S/C17H27N3O3S/c1-14-7-4-5-8-15(14)11-19(2)17(21)13-20-10-6-9-16(12-20)18-24(3,22)23/h4-5,7-8,16,18H,6,9-13H2,1-3H3. The van der Waals surface area contributed by atoms with Gasteiger partial charge in [0.25, 0.3) is 0 Å². The monoisotopic (exact) mass is 353 g/mol. The molecule has 1 heterocycles. The maximum atomic E-state index is 12.5. The van der Waals surface area contributed by atoms with E-state index in [1.54, 1.807) is 4.90 Å². The number of rotatable bonds is 6. The number of likely N-dealkylation sites (N-methyl/N-ethyl adjacent to an activating group) is 1. The van der Waals surface area contributed by atoms with Crippen LogP contribution in [0.1, 0.15) is 24.0 Å². The van der Waals surface area contributed by atoms with Gasteiger partial charge in [-0.1, -0.05) is 24.3 Å². The van der Waals surface area contributed by atoms with Crippen molar-refractivity contribution in [3.05, 3.63) is 35.4 Å². The van der Waals surface area contributed by atoms with Gasteiger partial charge in [-0.3, -0.25) is 9.69 Å². The van der Waals surface area contributed by atoms with Crippen LogP contribution in [0.5, 0.6) is 0 Å². The van der Waals surface area contributed by atoms with Gasteiger partial charge in [0.05, 0.1) is 12.8 Å². The second-order valence-electron chi connectivity index (χ2n) is 6.64. The lowest BCUT2D eigenvalue weighted by atomic mass is 10.1. The van der Waals surface area contributed by atoms with Crippen LogP contribution in [0.15, 0.2) is 24.3 Å². The number of nitrogens with zero attached hydrogens (tertiary/aromatic N) is 2. The van der Waals surface area contributed by atoms with E-state index in [0.717, 1.165) is 24.9 Å². The summed E-state index contributed by atoms with van der Waals surface area (Å²) in [6, 6.07) is 7.94. The molecule has 0 spiro atoms. The molecule has 1 N–H and O–H groups in total. The molecule has 1 aromatic rings. The first kappa shape index (κ1) is 18.9. The van der Waals surface area contributed by atoms with Gasteiger partial charge in [0.2, 0.25) is 15.9 Å². The molecular weight excluding hydrogens is 326 g/mol. The Morgan fingerprint density at radius 2 is 2.08 bits per heavy atom. The van der Waals surface area contributed by atoms with Gasteiger partial charge in [0.1, 0.15) is 0 Å². The highest BCUT2D eigenvalue weighted by atomic mass is 32.2. The van der Waals surface area contributed by atoms with E-state index < -0.39 is 10.0 Å². The Labute approximate surface area is 144 Å². The summed E-state index contributed by atoms with van der Waals surface area (Å²) < 4.78 is 25.4. The molecule has 0 saturated carbocycles. The van der Waals surface area contributed by atoms with Crippen LogP contribution in [0, 0.1) is 6.92 Å². The molecule has 1 saturated heterocycles. The molecule has 1 aromatic carbocycles. The van der Waals surface area contributed by atoms with Crippen LogP contribution >= 0.6 is 0 Å². The number of carbonyl (C=O) groups is 1. The minimum absolute atomic E-state index is 0.0539. The van der Waals surface area contributed by atoms with Crippen molar-refractivity contribution < 1.29 is 13.2 Å². The van der Waals surface area contributed by atoms with E-state index in [-0.39, 0.29) is 11.9 Å². The van der Waals surface area contributed by atoms with Gasteiger partial charge in [-0.05, 0) is 37.4 Å². The van der Waals surface area contributed by atoms with E-state index in [4.69, 9.17) is 0 Å². The lowest BCUT2D eigenvalue weighted by Crippen LogP contribution is -2.50. The number of hydrogen-bond acceptors (Lipinski definition) is 4. The van der Waals surface area contributed by atoms with Crippen molar-refractivity contribution in [1.82, 2.24) is 14.5 Å². The second kappa shape index (κ2) is 8.09. The number of sulfonamides is 1. The molecule has 0 bridgehead atoms. The normalized spacial score (nSPS) is 19.2. The number of nitrogens with one attached hydrogen (secondary N) is 1. The smallest absolute Gasteiger partial charge is 0.236 e. The van der Waals surface area contributed by atoms with Crippen molar-refractivity contribution in [2.75, 3.05) is 32.9 Å². The molecule has 7 heteroatoms. The van der Waals surface area contributed by atoms with Gasteiger partial charge >= 0.3 is 0 Å². The summed E-state index contributed by atoms with van der Waals surface area (Å²) in [7, 11) is -1.40. The van der Waals surface area contributed by atoms with Crippen LogP contribution in [-0.4, -0.2) is 63.1 Å². The molecule has 1 atom stereocenters. The number of likely N-dealkylation sites (tertiary alicyclic amines) is 1. The fourth-order valence-corrected chi connectivity index (χ4v) is 3.84. The number of hydrogen-bond donors (Lipinski definition) is 1. The molecule has 0 radical (unpaired) electrons. The average Bonchev–Trinajstić information content (AvgIpc) is 2.48. The average molecular weight is 353 g/mol. The molecule has 1 amide bonds. The van der Waals surface area contributed by atoms with Gasteiger partial charge in [0, 0.05) is 26.2 Å². The van der Waals surface area contributed by atoms with E-state index in [2.05, 4.69) is 4.72 Å². The van der Waals surface area contributed by atoms with Crippen molar-refractivity contribution in [2.45, 2.75) is 32.4 Å². The summed E-state index contributed by atoms with van der Waals surface area (Å²) in [6.07, 6.45) is 2.88. The number of piperidine rings is 1. The van der Waals surface area contributed by atoms with Crippen LogP contribution < -0.4 is 4.72 Å². The molecule has 134 valence electrons. The summed E-state index contributed by atoms with van der Waals surface area (Å²) in [4.78, 5) is 16.2. The van der Waals surface area contributed by atoms with Crippen LogP contribution in [0.25, 0.3) is 0 Å². The fraction of sp³-hybridized carbons (Fsp3) is 0.588. The summed E-state index contributed by atoms with van der Waals surface area (Å²) in [6.45, 7) is 4.36. The van der Waals surface area contributed by atoms with Crippen molar-refractivity contribution in [3.8, 4) is 0 Å². The molecule has 0 aromatic heterocycles. The highest BCUT2D eigenvalue weighted by Crippen LogP contribution is 2.13. The largest absolute Gasteiger partial charge is 0.340 e. The van der Waals surface area contributed by atoms with Gasteiger partial charge < -0.3 is 4.90 Å². The fourth-order valence-electron chi connectivity index (χ4n) is 3.04. The first-order valence-corrected chi connectivity index (χ1v) is 10.1. The summed E-state index contributed by atoms with van der Waals surface area (Å²) in [5, 5.41) is 0. The Kier molecular flexibility index (Phi) is 6.37. The number of aryl methyl sites for hydroxylation is 1. The molecule has 1 aliphatic heterocycles. The highest BCUT2D eigenvalue weighted by Gasteiger charge is 2.24. The van der Waals surface area contributed by atoms with Gasteiger partial charge in [0.15, 0.2) is 0 Å². The van der Waals surface area contributed by atoms with E-state index in [1.807, 2.05) is 43.1 Å². The topological polar surface area (TPSA) is 69.7 Å². The molecule has 1 aliphatic rings. The van der Waals surface area contributed by atoms with Gasteiger partial charge in [-0.25, -0.2) is 13.1 Å². The number of amides is 1. The van der Waals surface area contributed by atoms with E-state index in [9.17, 15) is 13.2 Å². The summed E-state index contributed by atoms with van der Waals surface area (Å²) in [5.74, 6) is 0.0539. The molecule has 2 rings (SSSR count). The highest BCUT2D eigenvalue weighted by molar-refractivity contribution is 7.88. The second-order valence-corrected chi connectivity index (χ2v) is 8.42. The van der Waals surface area contributed by atoms with E-state index in [0.29, 0.717) is 19.6 Å². The third-order valence-electron chi connectivity index (χ3n) is 4.34. The molecule has 6 nitrogen and oxygen atoms in total. The Morgan fingerprint density at radius 1 is 1.38 bits per heavy atom. The number of benzene rings is 1.